The van der Waals surface area contributed by atoms with Crippen LogP contribution in [0.1, 0.15) is 0 Å². The first kappa shape index (κ1) is 21.0. The number of hydrogen-bond donors (Lipinski definition) is 0. The summed E-state index contributed by atoms with van der Waals surface area (Å²) < 4.78 is 12.8. The third-order valence-electron chi connectivity index (χ3n) is 8.36. The molecule has 2 heterocycles. The third-order valence-corrected chi connectivity index (χ3v) is 8.36. The van der Waals surface area contributed by atoms with Crippen molar-refractivity contribution in [2.75, 3.05) is 0 Å². The van der Waals surface area contributed by atoms with Crippen molar-refractivity contribution in [3.05, 3.63) is 127 Å². The Labute approximate surface area is 226 Å². The van der Waals surface area contributed by atoms with Gasteiger partial charge in [-0.2, -0.15) is 0 Å². The Hall–Kier alpha value is -5.02. The van der Waals surface area contributed by atoms with Gasteiger partial charge in [0.2, 0.25) is 0 Å². The fraction of sp³-hybridized carbons (Fsp3) is 0. The van der Waals surface area contributed by atoms with E-state index in [0.29, 0.717) is 0 Å². The number of fused-ring (bicyclic) bond motifs is 8. The van der Waals surface area contributed by atoms with Crippen LogP contribution in [0.5, 0.6) is 23.0 Å². The summed E-state index contributed by atoms with van der Waals surface area (Å²) in [6.07, 6.45) is 0. The smallest absolute Gasteiger partial charge is 0.260 e. The van der Waals surface area contributed by atoms with Crippen molar-refractivity contribution in [3.8, 4) is 34.1 Å². The predicted molar refractivity (Wildman–Crippen MR) is 162 cm³/mol. The molecule has 0 unspecified atom stereocenters. The van der Waals surface area contributed by atoms with Crippen molar-refractivity contribution in [1.82, 2.24) is 0 Å². The maximum absolute atomic E-state index is 6.55. The standard InChI is InChI=1S/C36H21BO2/c1-2-8-23-20-29-24(19-22(23)7-1)15-17-28-26(9-5-10-27(28)29)25-16-18-31-35(21-25)39-34-14-6-13-33-36(34)37(31)30-11-3-4-12-32(30)38-33/h1-21H. The van der Waals surface area contributed by atoms with Gasteiger partial charge in [0.1, 0.15) is 23.0 Å². The monoisotopic (exact) mass is 496 g/mol. The number of hydrogen-bond acceptors (Lipinski definition) is 2. The highest BCUT2D eigenvalue weighted by Crippen LogP contribution is 2.38. The maximum Gasteiger partial charge on any atom is 0.260 e. The molecule has 0 bridgehead atoms. The lowest BCUT2D eigenvalue weighted by atomic mass is 9.35. The van der Waals surface area contributed by atoms with Gasteiger partial charge in [-0.25, -0.2) is 0 Å². The van der Waals surface area contributed by atoms with Crippen LogP contribution in [-0.4, -0.2) is 6.71 Å². The summed E-state index contributed by atoms with van der Waals surface area (Å²) in [5, 5.41) is 7.59. The van der Waals surface area contributed by atoms with E-state index >= 15 is 0 Å². The summed E-state index contributed by atoms with van der Waals surface area (Å²) in [6.45, 7) is 0.0868. The van der Waals surface area contributed by atoms with E-state index in [1.807, 2.05) is 24.3 Å². The molecule has 0 spiro atoms. The molecule has 0 aromatic heterocycles. The topological polar surface area (TPSA) is 18.5 Å². The SMILES string of the molecule is c1ccc2c(c1)Oc1cccc3c1B2c1ccc(-c2cccc4c2ccc2cc5ccccc5cc24)cc1O3. The molecule has 7 aromatic rings. The zero-order valence-corrected chi connectivity index (χ0v) is 21.0. The molecule has 2 aliphatic heterocycles. The highest BCUT2D eigenvalue weighted by molar-refractivity contribution is 6.98. The lowest BCUT2D eigenvalue weighted by Crippen LogP contribution is -2.57. The molecule has 9 rings (SSSR count). The molecule has 2 aliphatic rings. The van der Waals surface area contributed by atoms with E-state index in [0.717, 1.165) is 34.0 Å². The number of benzene rings is 7. The quantitative estimate of drug-likeness (QED) is 0.133. The zero-order chi connectivity index (χ0) is 25.5. The Bertz CT molecular complexity index is 2150. The van der Waals surface area contributed by atoms with E-state index in [9.17, 15) is 0 Å². The van der Waals surface area contributed by atoms with Crippen LogP contribution in [0.25, 0.3) is 43.4 Å². The normalized spacial score (nSPS) is 13.0. The summed E-state index contributed by atoms with van der Waals surface area (Å²) in [5.74, 6) is 3.56. The van der Waals surface area contributed by atoms with Gasteiger partial charge in [-0.3, -0.25) is 0 Å². The van der Waals surface area contributed by atoms with Gasteiger partial charge in [0.05, 0.1) is 0 Å². The van der Waals surface area contributed by atoms with Crippen molar-refractivity contribution in [2.45, 2.75) is 0 Å². The van der Waals surface area contributed by atoms with E-state index in [-0.39, 0.29) is 6.71 Å². The van der Waals surface area contributed by atoms with Gasteiger partial charge in [0.25, 0.3) is 6.71 Å². The fourth-order valence-corrected chi connectivity index (χ4v) is 6.58. The lowest BCUT2D eigenvalue weighted by Gasteiger charge is -2.32. The van der Waals surface area contributed by atoms with Crippen LogP contribution < -0.4 is 25.9 Å². The molecule has 2 nitrogen and oxygen atoms in total. The summed E-state index contributed by atoms with van der Waals surface area (Å²) in [4.78, 5) is 0. The third kappa shape index (κ3) is 2.99. The minimum Gasteiger partial charge on any atom is -0.458 e. The highest BCUT2D eigenvalue weighted by Gasteiger charge is 2.39. The lowest BCUT2D eigenvalue weighted by molar-refractivity contribution is 0.464. The molecule has 0 atom stereocenters. The first-order valence-corrected chi connectivity index (χ1v) is 13.4. The zero-order valence-electron chi connectivity index (χ0n) is 21.0. The van der Waals surface area contributed by atoms with Gasteiger partial charge >= 0.3 is 0 Å². The number of rotatable bonds is 1. The average molecular weight is 496 g/mol. The summed E-state index contributed by atoms with van der Waals surface area (Å²) in [5.41, 5.74) is 5.82. The van der Waals surface area contributed by atoms with E-state index in [1.54, 1.807) is 0 Å². The van der Waals surface area contributed by atoms with Crippen LogP contribution in [0.15, 0.2) is 127 Å². The van der Waals surface area contributed by atoms with Crippen molar-refractivity contribution >= 4 is 55.4 Å². The van der Waals surface area contributed by atoms with Gasteiger partial charge in [-0.15, -0.1) is 0 Å². The minimum absolute atomic E-state index is 0.0868. The van der Waals surface area contributed by atoms with E-state index < -0.39 is 0 Å². The number of ether oxygens (including phenoxy) is 2. The molecule has 0 N–H and O–H groups in total. The molecule has 0 fully saturated rings. The highest BCUT2D eigenvalue weighted by atomic mass is 16.5. The molecule has 0 amide bonds. The molecular formula is C36H21BO2. The Morgan fingerprint density at radius 2 is 1.13 bits per heavy atom. The van der Waals surface area contributed by atoms with Crippen LogP contribution in [-0.2, 0) is 0 Å². The van der Waals surface area contributed by atoms with E-state index in [2.05, 4.69) is 103 Å². The van der Waals surface area contributed by atoms with Crippen LogP contribution >= 0.6 is 0 Å². The Balaban J connectivity index is 1.24. The molecule has 0 saturated heterocycles. The second-order valence-corrected chi connectivity index (χ2v) is 10.5. The fourth-order valence-electron chi connectivity index (χ4n) is 6.58. The van der Waals surface area contributed by atoms with E-state index in [4.69, 9.17) is 9.47 Å². The van der Waals surface area contributed by atoms with Gasteiger partial charge in [0.15, 0.2) is 0 Å². The largest absolute Gasteiger partial charge is 0.458 e. The van der Waals surface area contributed by atoms with Gasteiger partial charge in [-0.05, 0) is 90.8 Å². The Morgan fingerprint density at radius 3 is 2.03 bits per heavy atom. The summed E-state index contributed by atoms with van der Waals surface area (Å²) in [6, 6.07) is 45.5. The molecule has 0 aliphatic carbocycles. The van der Waals surface area contributed by atoms with Crippen LogP contribution in [0, 0.1) is 0 Å². The van der Waals surface area contributed by atoms with Gasteiger partial charge < -0.3 is 9.47 Å². The molecule has 7 aromatic carbocycles. The average Bonchev–Trinajstić information content (AvgIpc) is 2.99. The second kappa shape index (κ2) is 7.75. The van der Waals surface area contributed by atoms with Crippen molar-refractivity contribution < 1.29 is 9.47 Å². The predicted octanol–water partition coefficient (Wildman–Crippen LogP) is 7.54. The Morgan fingerprint density at radius 1 is 0.410 bits per heavy atom. The van der Waals surface area contributed by atoms with Gasteiger partial charge in [0, 0.05) is 5.46 Å². The summed E-state index contributed by atoms with van der Waals surface area (Å²) in [7, 11) is 0. The molecule has 0 saturated carbocycles. The van der Waals surface area contributed by atoms with Crippen LogP contribution in [0.2, 0.25) is 0 Å². The minimum atomic E-state index is 0.0868. The van der Waals surface area contributed by atoms with Crippen LogP contribution in [0.4, 0.5) is 0 Å². The number of para-hydroxylation sites is 1. The maximum atomic E-state index is 6.55. The molecule has 0 radical (unpaired) electrons. The van der Waals surface area contributed by atoms with Crippen LogP contribution in [0.3, 0.4) is 0 Å². The van der Waals surface area contributed by atoms with Crippen molar-refractivity contribution in [3.63, 3.8) is 0 Å². The van der Waals surface area contributed by atoms with Gasteiger partial charge in [-0.1, -0.05) is 91.0 Å². The molecular weight excluding hydrogens is 475 g/mol. The van der Waals surface area contributed by atoms with Crippen molar-refractivity contribution in [1.29, 1.82) is 0 Å². The molecule has 39 heavy (non-hydrogen) atoms. The molecule has 180 valence electrons. The first-order chi connectivity index (χ1) is 19.3. The second-order valence-electron chi connectivity index (χ2n) is 10.5. The van der Waals surface area contributed by atoms with E-state index in [1.165, 1.54) is 48.8 Å². The summed E-state index contributed by atoms with van der Waals surface area (Å²) >= 11 is 0. The first-order valence-electron chi connectivity index (χ1n) is 13.4. The van der Waals surface area contributed by atoms with Crippen molar-refractivity contribution in [2.24, 2.45) is 0 Å². The molecule has 3 heteroatoms. The Kier molecular flexibility index (Phi) is 4.17.